The number of pyridine rings is 1. The van der Waals surface area contributed by atoms with Gasteiger partial charge in [-0.05, 0) is 48.2 Å². The minimum atomic E-state index is -0.144. The van der Waals surface area contributed by atoms with E-state index >= 15 is 0 Å². The third kappa shape index (κ3) is 4.77. The molecular formula is C20H23N5O2. The number of amides is 1. The number of carbonyl (C=O) groups excluding carboxylic acids is 1. The molecule has 3 rings (SSSR count). The average Bonchev–Trinajstić information content (AvgIpc) is 3.14. The van der Waals surface area contributed by atoms with E-state index in [0.29, 0.717) is 18.7 Å². The first kappa shape index (κ1) is 18.7. The highest BCUT2D eigenvalue weighted by Gasteiger charge is 2.10. The van der Waals surface area contributed by atoms with E-state index in [2.05, 4.69) is 20.5 Å². The van der Waals surface area contributed by atoms with Crippen molar-refractivity contribution in [2.75, 3.05) is 13.7 Å². The van der Waals surface area contributed by atoms with Crippen LogP contribution < -0.4 is 5.32 Å². The SMILES string of the molecule is COCCCn1cnnc1CNC(=O)c1cccc(-c2ccncc2C)c1. The Morgan fingerprint density at radius 3 is 3.00 bits per heavy atom. The Hall–Kier alpha value is -3.06. The first-order chi connectivity index (χ1) is 13.2. The van der Waals surface area contributed by atoms with Crippen molar-refractivity contribution in [3.63, 3.8) is 0 Å². The van der Waals surface area contributed by atoms with Crippen LogP contribution in [0.1, 0.15) is 28.2 Å². The Bertz CT molecular complexity index is 907. The van der Waals surface area contributed by atoms with Crippen molar-refractivity contribution in [3.05, 3.63) is 66.0 Å². The minimum Gasteiger partial charge on any atom is -0.385 e. The Balaban J connectivity index is 1.67. The first-order valence-corrected chi connectivity index (χ1v) is 8.84. The van der Waals surface area contributed by atoms with E-state index in [9.17, 15) is 4.79 Å². The maximum Gasteiger partial charge on any atom is 0.251 e. The van der Waals surface area contributed by atoms with Crippen LogP contribution in [-0.2, 0) is 17.8 Å². The van der Waals surface area contributed by atoms with Gasteiger partial charge in [-0.2, -0.15) is 0 Å². The van der Waals surface area contributed by atoms with Crippen molar-refractivity contribution >= 4 is 5.91 Å². The van der Waals surface area contributed by atoms with Gasteiger partial charge in [0.25, 0.3) is 5.91 Å². The third-order valence-electron chi connectivity index (χ3n) is 4.31. The maximum absolute atomic E-state index is 12.6. The molecule has 3 aromatic rings. The van der Waals surface area contributed by atoms with Gasteiger partial charge < -0.3 is 14.6 Å². The Labute approximate surface area is 158 Å². The number of rotatable bonds is 8. The van der Waals surface area contributed by atoms with Crippen molar-refractivity contribution in [3.8, 4) is 11.1 Å². The average molecular weight is 365 g/mol. The summed E-state index contributed by atoms with van der Waals surface area (Å²) in [4.78, 5) is 16.7. The maximum atomic E-state index is 12.6. The van der Waals surface area contributed by atoms with Gasteiger partial charge >= 0.3 is 0 Å². The Morgan fingerprint density at radius 1 is 1.30 bits per heavy atom. The van der Waals surface area contributed by atoms with Crippen LogP contribution in [0, 0.1) is 6.92 Å². The number of benzene rings is 1. The summed E-state index contributed by atoms with van der Waals surface area (Å²) < 4.78 is 6.99. The normalized spacial score (nSPS) is 10.7. The summed E-state index contributed by atoms with van der Waals surface area (Å²) in [5.74, 6) is 0.579. The first-order valence-electron chi connectivity index (χ1n) is 8.84. The van der Waals surface area contributed by atoms with Crippen molar-refractivity contribution < 1.29 is 9.53 Å². The van der Waals surface area contributed by atoms with Gasteiger partial charge in [-0.15, -0.1) is 10.2 Å². The van der Waals surface area contributed by atoms with Crippen LogP contribution in [0.15, 0.2) is 49.1 Å². The molecule has 2 heterocycles. The molecule has 2 aromatic heterocycles. The highest BCUT2D eigenvalue weighted by molar-refractivity contribution is 5.95. The lowest BCUT2D eigenvalue weighted by atomic mass is 10.0. The summed E-state index contributed by atoms with van der Waals surface area (Å²) in [7, 11) is 1.68. The molecular weight excluding hydrogens is 342 g/mol. The van der Waals surface area contributed by atoms with Crippen LogP contribution in [0.2, 0.25) is 0 Å². The summed E-state index contributed by atoms with van der Waals surface area (Å²) in [5.41, 5.74) is 3.73. The topological polar surface area (TPSA) is 81.9 Å². The second-order valence-electron chi connectivity index (χ2n) is 6.24. The summed E-state index contributed by atoms with van der Waals surface area (Å²) in [6.45, 7) is 3.75. The monoisotopic (exact) mass is 365 g/mol. The molecule has 0 radical (unpaired) electrons. The molecule has 1 aromatic carbocycles. The smallest absolute Gasteiger partial charge is 0.251 e. The minimum absolute atomic E-state index is 0.144. The van der Waals surface area contributed by atoms with Gasteiger partial charge in [0.2, 0.25) is 0 Å². The zero-order valence-corrected chi connectivity index (χ0v) is 15.6. The van der Waals surface area contributed by atoms with E-state index in [4.69, 9.17) is 4.74 Å². The predicted octanol–water partition coefficient (Wildman–Crippen LogP) is 2.62. The van der Waals surface area contributed by atoms with Crippen molar-refractivity contribution in [2.45, 2.75) is 26.4 Å². The van der Waals surface area contributed by atoms with Crippen LogP contribution in [-0.4, -0.2) is 39.4 Å². The summed E-state index contributed by atoms with van der Waals surface area (Å²) in [6, 6.07) is 9.53. The van der Waals surface area contributed by atoms with Crippen LogP contribution >= 0.6 is 0 Å². The van der Waals surface area contributed by atoms with E-state index in [1.165, 1.54) is 0 Å². The number of hydrogen-bond acceptors (Lipinski definition) is 5. The molecule has 0 saturated heterocycles. The molecule has 7 nitrogen and oxygen atoms in total. The second-order valence-corrected chi connectivity index (χ2v) is 6.24. The fourth-order valence-corrected chi connectivity index (χ4v) is 2.87. The number of ether oxygens (including phenoxy) is 1. The van der Waals surface area contributed by atoms with Gasteiger partial charge in [0.1, 0.15) is 6.33 Å². The zero-order valence-electron chi connectivity index (χ0n) is 15.6. The number of nitrogens with one attached hydrogen (secondary N) is 1. The number of methoxy groups -OCH3 is 1. The molecule has 0 aliphatic heterocycles. The highest BCUT2D eigenvalue weighted by atomic mass is 16.5. The van der Waals surface area contributed by atoms with Gasteiger partial charge in [-0.3, -0.25) is 9.78 Å². The van der Waals surface area contributed by atoms with Gasteiger partial charge in [0, 0.05) is 38.2 Å². The Morgan fingerprint density at radius 2 is 2.19 bits per heavy atom. The van der Waals surface area contributed by atoms with Gasteiger partial charge in [0.05, 0.1) is 6.54 Å². The van der Waals surface area contributed by atoms with E-state index in [0.717, 1.165) is 35.5 Å². The van der Waals surface area contributed by atoms with Crippen molar-refractivity contribution in [1.29, 1.82) is 0 Å². The summed E-state index contributed by atoms with van der Waals surface area (Å²) >= 11 is 0. The van der Waals surface area contributed by atoms with Crippen LogP contribution in [0.25, 0.3) is 11.1 Å². The molecule has 0 saturated carbocycles. The molecule has 1 amide bonds. The largest absolute Gasteiger partial charge is 0.385 e. The molecule has 27 heavy (non-hydrogen) atoms. The Kier molecular flexibility index (Phi) is 6.27. The van der Waals surface area contributed by atoms with Crippen LogP contribution in [0.4, 0.5) is 0 Å². The van der Waals surface area contributed by atoms with Crippen molar-refractivity contribution in [2.24, 2.45) is 0 Å². The number of nitrogens with zero attached hydrogens (tertiary/aromatic N) is 4. The van der Waals surface area contributed by atoms with Gasteiger partial charge in [-0.1, -0.05) is 12.1 Å². The van der Waals surface area contributed by atoms with Crippen molar-refractivity contribution in [1.82, 2.24) is 25.1 Å². The fourth-order valence-electron chi connectivity index (χ4n) is 2.87. The summed E-state index contributed by atoms with van der Waals surface area (Å²) in [5, 5.41) is 10.9. The number of aromatic nitrogens is 4. The molecule has 0 fully saturated rings. The molecule has 0 unspecified atom stereocenters. The van der Waals surface area contributed by atoms with Gasteiger partial charge in [0.15, 0.2) is 5.82 Å². The molecule has 0 aliphatic carbocycles. The quantitative estimate of drug-likeness (QED) is 0.621. The van der Waals surface area contributed by atoms with E-state index in [-0.39, 0.29) is 5.91 Å². The molecule has 0 spiro atoms. The predicted molar refractivity (Wildman–Crippen MR) is 102 cm³/mol. The number of carbonyl (C=O) groups is 1. The zero-order chi connectivity index (χ0) is 19.1. The molecule has 0 bridgehead atoms. The lowest BCUT2D eigenvalue weighted by Crippen LogP contribution is -2.25. The molecule has 7 heteroatoms. The molecule has 1 N–H and O–H groups in total. The lowest BCUT2D eigenvalue weighted by molar-refractivity contribution is 0.0949. The molecule has 140 valence electrons. The van der Waals surface area contributed by atoms with E-state index in [1.54, 1.807) is 25.7 Å². The number of hydrogen-bond donors (Lipinski definition) is 1. The van der Waals surface area contributed by atoms with E-state index < -0.39 is 0 Å². The standard InChI is InChI=1S/C20H23N5O2/c1-15-12-21-8-7-18(15)16-5-3-6-17(11-16)20(26)22-13-19-24-23-14-25(19)9-4-10-27-2/h3,5-8,11-12,14H,4,9-10,13H2,1-2H3,(H,22,26). The van der Waals surface area contributed by atoms with Gasteiger partial charge in [-0.25, -0.2) is 0 Å². The van der Waals surface area contributed by atoms with E-state index in [1.807, 2.05) is 42.0 Å². The molecule has 0 aliphatic rings. The fraction of sp³-hybridized carbons (Fsp3) is 0.300. The number of aryl methyl sites for hydroxylation is 2. The third-order valence-corrected chi connectivity index (χ3v) is 4.31. The summed E-state index contributed by atoms with van der Waals surface area (Å²) in [6.07, 6.45) is 6.11. The molecule has 0 atom stereocenters. The lowest BCUT2D eigenvalue weighted by Gasteiger charge is -2.09. The van der Waals surface area contributed by atoms with Crippen LogP contribution in [0.5, 0.6) is 0 Å². The highest BCUT2D eigenvalue weighted by Crippen LogP contribution is 2.23. The van der Waals surface area contributed by atoms with Crippen LogP contribution in [0.3, 0.4) is 0 Å². The second kappa shape index (κ2) is 9.05.